The lowest BCUT2D eigenvalue weighted by Crippen LogP contribution is -2.11. The Kier molecular flexibility index (Phi) is 6.30. The number of nitro groups is 1. The average Bonchev–Trinajstić information content (AvgIpc) is 3.20. The molecule has 2 aromatic carbocycles. The highest BCUT2D eigenvalue weighted by atomic mass is 32.2. The number of benzene rings is 2. The Hall–Kier alpha value is -3.48. The van der Waals surface area contributed by atoms with Gasteiger partial charge in [0.2, 0.25) is 9.47 Å². The summed E-state index contributed by atoms with van der Waals surface area (Å²) in [6, 6.07) is 13.1. The minimum atomic E-state index is -3.98. The number of rotatable bonds is 7. The van der Waals surface area contributed by atoms with Crippen molar-refractivity contribution in [3.05, 3.63) is 75.8 Å². The number of nitrogens with two attached hydrogens (primary N) is 1. The van der Waals surface area contributed by atoms with Gasteiger partial charge in [-0.25, -0.2) is 18.5 Å². The van der Waals surface area contributed by atoms with E-state index in [0.29, 0.717) is 22.6 Å². The normalized spacial score (nSPS) is 12.3. The number of hydrogen-bond donors (Lipinski definition) is 1. The maximum atomic E-state index is 11.4. The first kappa shape index (κ1) is 21.2. The number of sulfonamides is 1. The topological polar surface area (TPSA) is 151 Å². The summed E-state index contributed by atoms with van der Waals surface area (Å²) in [6.45, 7) is 0. The number of aromatic nitrogens is 2. The quantitative estimate of drug-likeness (QED) is 0.333. The third kappa shape index (κ3) is 5.31. The molecule has 0 aliphatic carbocycles. The number of ether oxygens (including phenoxy) is 1. The zero-order valence-electron chi connectivity index (χ0n) is 15.5. The lowest BCUT2D eigenvalue weighted by molar-refractivity contribution is -0.384. The predicted molar refractivity (Wildman–Crippen MR) is 113 cm³/mol. The number of nitro benzene ring substituents is 1. The van der Waals surface area contributed by atoms with Crippen LogP contribution in [0, 0.1) is 10.1 Å². The Morgan fingerprint density at radius 1 is 1.23 bits per heavy atom. The van der Waals surface area contributed by atoms with Crippen molar-refractivity contribution in [3.8, 4) is 5.75 Å². The molecule has 3 rings (SSSR count). The molecule has 12 heteroatoms. The van der Waals surface area contributed by atoms with Gasteiger partial charge in [-0.15, -0.1) is 10.2 Å². The molecule has 0 amide bonds. The second kappa shape index (κ2) is 8.90. The number of allylic oxidation sites excluding steroid dienone is 1. The summed E-state index contributed by atoms with van der Waals surface area (Å²) in [5, 5.41) is 23.4. The number of methoxy groups -OCH3 is 1. The third-order valence-electron chi connectivity index (χ3n) is 3.76. The summed E-state index contributed by atoms with van der Waals surface area (Å²) in [6.07, 6.45) is 3.29. The summed E-state index contributed by atoms with van der Waals surface area (Å²) < 4.78 is 27.7. The Bertz CT molecular complexity index is 1230. The monoisotopic (exact) mass is 445 g/mol. The van der Waals surface area contributed by atoms with E-state index in [9.17, 15) is 18.5 Å². The molecule has 0 fully saturated rings. The molecule has 154 valence electrons. The Labute approximate surface area is 175 Å². The maximum absolute atomic E-state index is 11.4. The van der Waals surface area contributed by atoms with Crippen LogP contribution in [0.2, 0.25) is 0 Å². The van der Waals surface area contributed by atoms with Crippen molar-refractivity contribution in [2.24, 2.45) is 10.1 Å². The minimum absolute atomic E-state index is 0.0398. The van der Waals surface area contributed by atoms with E-state index in [1.54, 1.807) is 55.7 Å². The molecule has 2 N–H and O–H groups in total. The number of non-ortho nitro benzene ring substituents is 1. The minimum Gasteiger partial charge on any atom is -0.497 e. The van der Waals surface area contributed by atoms with Crippen LogP contribution in [0.15, 0.2) is 63.9 Å². The van der Waals surface area contributed by atoms with Gasteiger partial charge in [0.15, 0.2) is 0 Å². The summed E-state index contributed by atoms with van der Waals surface area (Å²) in [7, 11) is -2.44. The maximum Gasteiger partial charge on any atom is 0.270 e. The first-order valence-corrected chi connectivity index (χ1v) is 10.6. The largest absolute Gasteiger partial charge is 0.497 e. The predicted octanol–water partition coefficient (Wildman–Crippen LogP) is 2.94. The molecule has 0 saturated heterocycles. The standard InChI is InChI=1S/C18H15N5O5S2/c1-28-15-8-6-13(7-9-15)16(20-17-21-22-18(29-17)30(19,26)27)10-5-12-3-2-4-14(11-12)23(24)25/h2-11H,1H3,(H2,19,26,27)/b10-5+,20-16-. The molecule has 0 aliphatic rings. The average molecular weight is 445 g/mol. The van der Waals surface area contributed by atoms with E-state index in [0.717, 1.165) is 11.3 Å². The highest BCUT2D eigenvalue weighted by Crippen LogP contribution is 2.24. The van der Waals surface area contributed by atoms with Gasteiger partial charge in [0.1, 0.15) is 5.75 Å². The number of nitrogens with zero attached hydrogens (tertiary/aromatic N) is 4. The van der Waals surface area contributed by atoms with E-state index < -0.39 is 14.9 Å². The summed E-state index contributed by atoms with van der Waals surface area (Å²) >= 11 is 0.728. The van der Waals surface area contributed by atoms with E-state index in [-0.39, 0.29) is 15.2 Å². The number of aliphatic imine (C=N–C) groups is 1. The molecule has 0 aliphatic heterocycles. The molecule has 0 spiro atoms. The van der Waals surface area contributed by atoms with Crippen LogP contribution in [0.5, 0.6) is 5.75 Å². The number of hydrogen-bond acceptors (Lipinski definition) is 9. The third-order valence-corrected chi connectivity index (χ3v) is 5.88. The Morgan fingerprint density at radius 3 is 2.57 bits per heavy atom. The fourth-order valence-corrected chi connectivity index (χ4v) is 3.65. The number of primary sulfonamides is 1. The van der Waals surface area contributed by atoms with Crippen LogP contribution in [-0.4, -0.2) is 36.4 Å². The van der Waals surface area contributed by atoms with Gasteiger partial charge in [0.25, 0.3) is 15.7 Å². The molecule has 1 heterocycles. The van der Waals surface area contributed by atoms with Gasteiger partial charge in [-0.1, -0.05) is 29.5 Å². The van der Waals surface area contributed by atoms with Gasteiger partial charge in [-0.3, -0.25) is 10.1 Å². The van der Waals surface area contributed by atoms with Crippen LogP contribution < -0.4 is 9.88 Å². The van der Waals surface area contributed by atoms with E-state index in [1.807, 2.05) is 0 Å². The molecule has 0 unspecified atom stereocenters. The van der Waals surface area contributed by atoms with E-state index >= 15 is 0 Å². The summed E-state index contributed by atoms with van der Waals surface area (Å²) in [5.74, 6) is 0.646. The van der Waals surface area contributed by atoms with Crippen molar-refractivity contribution in [1.82, 2.24) is 10.2 Å². The molecular weight excluding hydrogens is 430 g/mol. The van der Waals surface area contributed by atoms with Gasteiger partial charge in [-0.2, -0.15) is 0 Å². The molecule has 3 aromatic rings. The van der Waals surface area contributed by atoms with Crippen molar-refractivity contribution >= 4 is 44.0 Å². The molecule has 1 aromatic heterocycles. The van der Waals surface area contributed by atoms with Gasteiger partial charge in [0.05, 0.1) is 17.7 Å². The van der Waals surface area contributed by atoms with Gasteiger partial charge in [0, 0.05) is 17.7 Å². The Morgan fingerprint density at radius 2 is 1.97 bits per heavy atom. The fraction of sp³-hybridized carbons (Fsp3) is 0.0556. The fourth-order valence-electron chi connectivity index (χ4n) is 2.34. The second-order valence-corrected chi connectivity index (χ2v) is 8.50. The molecule has 0 radical (unpaired) electrons. The zero-order valence-corrected chi connectivity index (χ0v) is 17.1. The van der Waals surface area contributed by atoms with E-state index in [2.05, 4.69) is 15.2 Å². The van der Waals surface area contributed by atoms with E-state index in [1.165, 1.54) is 12.1 Å². The molecule has 10 nitrogen and oxygen atoms in total. The van der Waals surface area contributed by atoms with Crippen molar-refractivity contribution in [2.75, 3.05) is 7.11 Å². The van der Waals surface area contributed by atoms with Crippen molar-refractivity contribution in [1.29, 1.82) is 0 Å². The second-order valence-electron chi connectivity index (χ2n) is 5.81. The molecule has 0 saturated carbocycles. The Balaban J connectivity index is 2.02. The first-order chi connectivity index (χ1) is 14.3. The summed E-state index contributed by atoms with van der Waals surface area (Å²) in [4.78, 5) is 14.9. The van der Waals surface area contributed by atoms with Crippen LogP contribution in [0.4, 0.5) is 10.8 Å². The van der Waals surface area contributed by atoms with E-state index in [4.69, 9.17) is 9.88 Å². The van der Waals surface area contributed by atoms with Crippen molar-refractivity contribution < 1.29 is 18.1 Å². The molecule has 0 bridgehead atoms. The van der Waals surface area contributed by atoms with Crippen LogP contribution in [0.25, 0.3) is 6.08 Å². The van der Waals surface area contributed by atoms with Crippen molar-refractivity contribution in [2.45, 2.75) is 4.34 Å². The van der Waals surface area contributed by atoms with Gasteiger partial charge in [-0.05, 0) is 35.9 Å². The lowest BCUT2D eigenvalue weighted by Gasteiger charge is -2.04. The van der Waals surface area contributed by atoms with Gasteiger partial charge < -0.3 is 4.74 Å². The molecule has 30 heavy (non-hydrogen) atoms. The SMILES string of the molecule is COc1ccc(C(/C=C/c2cccc([N+](=O)[O-])c2)=N\c2nnc(S(N)(=O)=O)s2)cc1. The molecular formula is C18H15N5O5S2. The van der Waals surface area contributed by atoms with Gasteiger partial charge >= 0.3 is 0 Å². The zero-order chi connectivity index (χ0) is 21.7. The van der Waals surface area contributed by atoms with Crippen LogP contribution in [0.1, 0.15) is 11.1 Å². The first-order valence-electron chi connectivity index (χ1n) is 8.28. The van der Waals surface area contributed by atoms with Crippen LogP contribution >= 0.6 is 11.3 Å². The lowest BCUT2D eigenvalue weighted by atomic mass is 10.1. The smallest absolute Gasteiger partial charge is 0.270 e. The molecule has 0 atom stereocenters. The van der Waals surface area contributed by atoms with Crippen LogP contribution in [-0.2, 0) is 10.0 Å². The highest BCUT2D eigenvalue weighted by Gasteiger charge is 2.15. The highest BCUT2D eigenvalue weighted by molar-refractivity contribution is 7.91. The van der Waals surface area contributed by atoms with Crippen LogP contribution in [0.3, 0.4) is 0 Å². The van der Waals surface area contributed by atoms with Crippen molar-refractivity contribution in [3.63, 3.8) is 0 Å². The summed E-state index contributed by atoms with van der Waals surface area (Å²) in [5.41, 5.74) is 1.67.